The van der Waals surface area contributed by atoms with Crippen LogP contribution in [0.5, 0.6) is 0 Å². The van der Waals surface area contributed by atoms with Gasteiger partial charge in [0.15, 0.2) is 17.3 Å². The van der Waals surface area contributed by atoms with Crippen molar-refractivity contribution >= 4 is 5.71 Å². The Labute approximate surface area is 146 Å². The summed E-state index contributed by atoms with van der Waals surface area (Å²) in [6.45, 7) is 2.50. The van der Waals surface area contributed by atoms with Crippen LogP contribution in [0.1, 0.15) is 26.7 Å². The molecule has 5 nitrogen and oxygen atoms in total. The summed E-state index contributed by atoms with van der Waals surface area (Å²) in [5.74, 6) is -6.80. The molecule has 0 amide bonds. The fourth-order valence-electron chi connectivity index (χ4n) is 3.15. The van der Waals surface area contributed by atoms with E-state index < -0.39 is 58.1 Å². The number of nitrogens with zero attached hydrogens (tertiary/aromatic N) is 5. The minimum absolute atomic E-state index is 0.440. The van der Waals surface area contributed by atoms with Crippen LogP contribution >= 0.6 is 0 Å². The lowest BCUT2D eigenvalue weighted by atomic mass is 9.57. The Hall–Kier alpha value is -3.17. The molecule has 0 spiro atoms. The number of halogens is 4. The number of hydrogen-bond donors (Lipinski definition) is 0. The Balaban J connectivity index is 3.09. The number of aliphatic imine (C=N–C) groups is 1. The number of rotatable bonds is 2. The predicted octanol–water partition coefficient (Wildman–Crippen LogP) is 3.79. The summed E-state index contributed by atoms with van der Waals surface area (Å²) in [5, 5.41) is 37.6. The zero-order chi connectivity index (χ0) is 20.0. The summed E-state index contributed by atoms with van der Waals surface area (Å²) in [4.78, 5) is 3.47. The zero-order valence-corrected chi connectivity index (χ0v) is 13.7. The van der Waals surface area contributed by atoms with Gasteiger partial charge in [-0.05, 0) is 12.5 Å². The Kier molecular flexibility index (Phi) is 4.19. The van der Waals surface area contributed by atoms with Gasteiger partial charge in [0, 0.05) is 12.0 Å². The third-order valence-electron chi connectivity index (χ3n) is 4.88. The van der Waals surface area contributed by atoms with Gasteiger partial charge in [-0.1, -0.05) is 13.8 Å². The van der Waals surface area contributed by atoms with E-state index in [4.69, 9.17) is 0 Å². The smallest absolute Gasteiger partial charge is 0.237 e. The van der Waals surface area contributed by atoms with E-state index in [-0.39, 0.29) is 0 Å². The second-order valence-corrected chi connectivity index (χ2v) is 5.92. The molecule has 0 bridgehead atoms. The summed E-state index contributed by atoms with van der Waals surface area (Å²) >= 11 is 0. The highest BCUT2D eigenvalue weighted by atomic mass is 19.2. The first-order valence-electron chi connectivity index (χ1n) is 7.55. The molecule has 0 N–H and O–H groups in total. The fourth-order valence-corrected chi connectivity index (χ4v) is 3.15. The maximum Gasteiger partial charge on any atom is 0.237 e. The second-order valence-electron chi connectivity index (χ2n) is 5.92. The summed E-state index contributed by atoms with van der Waals surface area (Å²) in [5.41, 5.74) is -10.9. The first-order valence-corrected chi connectivity index (χ1v) is 7.55. The standard InChI is InChI=1S/C17H11F4N5/c1-3-16(20)5-10-11(18)12(19)14(6-22,7-23)15(8-24,9-25)13(10)26-17(16,21)4-2/h5H,3-4H2,1-2H3. The van der Waals surface area contributed by atoms with Gasteiger partial charge in [0.2, 0.25) is 16.6 Å². The molecule has 0 saturated carbocycles. The molecule has 1 aliphatic carbocycles. The maximum absolute atomic E-state index is 15.2. The van der Waals surface area contributed by atoms with Crippen molar-refractivity contribution in [2.45, 2.75) is 38.2 Å². The average molecular weight is 361 g/mol. The predicted molar refractivity (Wildman–Crippen MR) is 80.3 cm³/mol. The summed E-state index contributed by atoms with van der Waals surface area (Å²) in [7, 11) is 0. The number of alkyl halides is 2. The van der Waals surface area contributed by atoms with Crippen LogP contribution in [0.4, 0.5) is 17.6 Å². The van der Waals surface area contributed by atoms with Gasteiger partial charge in [-0.2, -0.15) is 21.0 Å². The normalized spacial score (nSPS) is 31.3. The molecule has 0 fully saturated rings. The van der Waals surface area contributed by atoms with Crippen LogP contribution in [0.25, 0.3) is 0 Å². The monoisotopic (exact) mass is 361 g/mol. The second kappa shape index (κ2) is 5.68. The van der Waals surface area contributed by atoms with Gasteiger partial charge in [-0.15, -0.1) is 0 Å². The van der Waals surface area contributed by atoms with E-state index in [9.17, 15) is 29.8 Å². The Bertz CT molecular complexity index is 908. The Morgan fingerprint density at radius 1 is 0.923 bits per heavy atom. The lowest BCUT2D eigenvalue weighted by Gasteiger charge is -2.43. The highest BCUT2D eigenvalue weighted by Crippen LogP contribution is 2.57. The summed E-state index contributed by atoms with van der Waals surface area (Å²) < 4.78 is 59.5. The van der Waals surface area contributed by atoms with Crippen molar-refractivity contribution in [1.29, 1.82) is 21.0 Å². The molecular weight excluding hydrogens is 350 g/mol. The highest BCUT2D eigenvalue weighted by Gasteiger charge is 2.69. The van der Waals surface area contributed by atoms with Crippen LogP contribution in [0.15, 0.2) is 28.3 Å². The van der Waals surface area contributed by atoms with Crippen molar-refractivity contribution < 1.29 is 17.6 Å². The molecule has 0 aromatic rings. The van der Waals surface area contributed by atoms with Gasteiger partial charge in [0.1, 0.15) is 0 Å². The van der Waals surface area contributed by atoms with Gasteiger partial charge < -0.3 is 0 Å². The number of hydrogen-bond acceptors (Lipinski definition) is 5. The van der Waals surface area contributed by atoms with Crippen LogP contribution in [-0.4, -0.2) is 17.2 Å². The van der Waals surface area contributed by atoms with E-state index in [2.05, 4.69) is 4.99 Å². The third kappa shape index (κ3) is 1.83. The van der Waals surface area contributed by atoms with Gasteiger partial charge in [-0.25, -0.2) is 22.6 Å². The molecule has 2 rings (SSSR count). The molecule has 2 atom stereocenters. The highest BCUT2D eigenvalue weighted by molar-refractivity contribution is 6.14. The van der Waals surface area contributed by atoms with Crippen molar-refractivity contribution in [3.05, 3.63) is 23.3 Å². The van der Waals surface area contributed by atoms with Crippen LogP contribution < -0.4 is 0 Å². The molecule has 1 aliphatic heterocycles. The molecule has 0 aromatic carbocycles. The summed E-state index contributed by atoms with van der Waals surface area (Å²) in [6, 6.07) is 4.92. The number of dihydropyridines is 1. The summed E-state index contributed by atoms with van der Waals surface area (Å²) in [6.07, 6.45) is -0.590. The minimum Gasteiger partial charge on any atom is -0.243 e. The molecule has 2 aliphatic rings. The molecule has 26 heavy (non-hydrogen) atoms. The molecule has 9 heteroatoms. The maximum atomic E-state index is 15.2. The number of fused-ring (bicyclic) bond motifs is 1. The molecule has 2 unspecified atom stereocenters. The lowest BCUT2D eigenvalue weighted by molar-refractivity contribution is -0.00902. The van der Waals surface area contributed by atoms with E-state index in [0.717, 1.165) is 12.1 Å². The molecule has 0 aromatic heterocycles. The van der Waals surface area contributed by atoms with E-state index in [1.807, 2.05) is 0 Å². The van der Waals surface area contributed by atoms with Gasteiger partial charge in [0.05, 0.1) is 30.0 Å². The van der Waals surface area contributed by atoms with E-state index in [1.165, 1.54) is 26.0 Å². The zero-order valence-electron chi connectivity index (χ0n) is 13.7. The first kappa shape index (κ1) is 19.2. The van der Waals surface area contributed by atoms with Gasteiger partial charge >= 0.3 is 0 Å². The minimum atomic E-state index is -3.20. The fraction of sp³-hybridized carbons (Fsp3) is 0.471. The average Bonchev–Trinajstić information content (AvgIpc) is 2.66. The van der Waals surface area contributed by atoms with Crippen molar-refractivity contribution in [3.8, 4) is 24.3 Å². The van der Waals surface area contributed by atoms with Gasteiger partial charge in [-0.3, -0.25) is 0 Å². The van der Waals surface area contributed by atoms with Crippen LogP contribution in [0.2, 0.25) is 0 Å². The van der Waals surface area contributed by atoms with E-state index in [0.29, 0.717) is 6.08 Å². The van der Waals surface area contributed by atoms with Crippen LogP contribution in [-0.2, 0) is 0 Å². The first-order chi connectivity index (χ1) is 12.1. The Morgan fingerprint density at radius 3 is 1.81 bits per heavy atom. The SMILES string of the molecule is CCC1(F)C=C2C(=NC1(F)CC)C(C#N)(C#N)C(C#N)(C#N)C(F)=C2F. The number of nitriles is 4. The van der Waals surface area contributed by atoms with E-state index >= 15 is 8.78 Å². The van der Waals surface area contributed by atoms with Crippen molar-refractivity contribution in [2.24, 2.45) is 15.8 Å². The Morgan fingerprint density at radius 2 is 1.42 bits per heavy atom. The van der Waals surface area contributed by atoms with Crippen LogP contribution in [0, 0.1) is 56.2 Å². The van der Waals surface area contributed by atoms with Crippen molar-refractivity contribution in [1.82, 2.24) is 0 Å². The lowest BCUT2D eigenvalue weighted by Crippen LogP contribution is -2.55. The van der Waals surface area contributed by atoms with Crippen molar-refractivity contribution in [3.63, 3.8) is 0 Å². The largest absolute Gasteiger partial charge is 0.243 e. The third-order valence-corrected chi connectivity index (χ3v) is 4.88. The molecule has 0 radical (unpaired) electrons. The van der Waals surface area contributed by atoms with Crippen LogP contribution in [0.3, 0.4) is 0 Å². The molecule has 132 valence electrons. The molecular formula is C17H11F4N5. The van der Waals surface area contributed by atoms with E-state index in [1.54, 1.807) is 0 Å². The topological polar surface area (TPSA) is 108 Å². The molecule has 1 heterocycles. The molecule has 0 saturated heterocycles. The number of allylic oxidation sites excluding steroid dienone is 3. The van der Waals surface area contributed by atoms with Gasteiger partial charge in [0.25, 0.3) is 0 Å². The van der Waals surface area contributed by atoms with Crippen molar-refractivity contribution in [2.75, 3.05) is 0 Å². The quantitative estimate of drug-likeness (QED) is 0.550.